The Morgan fingerprint density at radius 1 is 1.14 bits per heavy atom. The molecule has 1 aromatic carbocycles. The number of aromatic carboxylic acids is 1. The van der Waals surface area contributed by atoms with E-state index in [1.165, 1.54) is 29.5 Å². The number of aryl methyl sites for hydroxylation is 1. The summed E-state index contributed by atoms with van der Waals surface area (Å²) < 4.78 is 0. The first kappa shape index (κ1) is 15.6. The summed E-state index contributed by atoms with van der Waals surface area (Å²) in [6, 6.07) is 5.78. The second-order valence-electron chi connectivity index (χ2n) is 4.23. The van der Waals surface area contributed by atoms with Gasteiger partial charge < -0.3 is 20.5 Å². The highest BCUT2D eigenvalue weighted by Crippen LogP contribution is 2.15. The van der Waals surface area contributed by atoms with Crippen molar-refractivity contribution in [1.29, 1.82) is 0 Å². The third kappa shape index (κ3) is 4.09. The van der Waals surface area contributed by atoms with Crippen molar-refractivity contribution < 1.29 is 19.5 Å². The molecule has 9 heteroatoms. The summed E-state index contributed by atoms with van der Waals surface area (Å²) in [5.74, 6) is -2.63. The number of amides is 2. The maximum Gasteiger partial charge on any atom is 0.235 e. The van der Waals surface area contributed by atoms with Gasteiger partial charge in [-0.1, -0.05) is 29.5 Å². The van der Waals surface area contributed by atoms with Crippen molar-refractivity contribution >= 4 is 39.9 Å². The van der Waals surface area contributed by atoms with Crippen LogP contribution in [0.2, 0.25) is 0 Å². The summed E-state index contributed by atoms with van der Waals surface area (Å²) in [6.07, 6.45) is -0.472. The van der Waals surface area contributed by atoms with Crippen molar-refractivity contribution in [2.75, 3.05) is 10.6 Å². The van der Waals surface area contributed by atoms with E-state index in [0.717, 1.165) is 0 Å². The van der Waals surface area contributed by atoms with Crippen molar-refractivity contribution in [3.05, 3.63) is 34.8 Å². The number of nitrogens with one attached hydrogen (secondary N) is 2. The van der Waals surface area contributed by atoms with Crippen LogP contribution in [-0.4, -0.2) is 28.0 Å². The Kier molecular flexibility index (Phi) is 4.79. The second kappa shape index (κ2) is 6.76. The van der Waals surface area contributed by atoms with E-state index in [0.29, 0.717) is 10.1 Å². The lowest BCUT2D eigenvalue weighted by molar-refractivity contribution is -0.254. The molecular weight excluding hydrogens is 308 g/mol. The second-order valence-corrected chi connectivity index (χ2v) is 5.41. The van der Waals surface area contributed by atoms with Crippen LogP contribution in [0.25, 0.3) is 0 Å². The van der Waals surface area contributed by atoms with E-state index in [-0.39, 0.29) is 11.3 Å². The third-order valence-corrected chi connectivity index (χ3v) is 3.27. The molecule has 0 saturated carbocycles. The number of hydrogen-bond donors (Lipinski definition) is 2. The average molecular weight is 319 g/mol. The zero-order chi connectivity index (χ0) is 16.1. The molecule has 0 atom stereocenters. The zero-order valence-electron chi connectivity index (χ0n) is 11.5. The summed E-state index contributed by atoms with van der Waals surface area (Å²) in [5, 5.41) is 24.1. The van der Waals surface area contributed by atoms with Gasteiger partial charge in [0.2, 0.25) is 16.9 Å². The Morgan fingerprint density at radius 3 is 2.45 bits per heavy atom. The van der Waals surface area contributed by atoms with Gasteiger partial charge in [-0.25, -0.2) is 0 Å². The van der Waals surface area contributed by atoms with Crippen molar-refractivity contribution in [3.8, 4) is 0 Å². The third-order valence-electron chi connectivity index (χ3n) is 2.51. The molecule has 22 heavy (non-hydrogen) atoms. The summed E-state index contributed by atoms with van der Waals surface area (Å²) in [7, 11) is 0. The molecule has 2 amide bonds. The Bertz CT molecular complexity index is 728. The summed E-state index contributed by atoms with van der Waals surface area (Å²) >= 11 is 1.18. The van der Waals surface area contributed by atoms with E-state index < -0.39 is 24.2 Å². The minimum atomic E-state index is -1.41. The van der Waals surface area contributed by atoms with Crippen LogP contribution in [0, 0.1) is 6.92 Å². The first-order chi connectivity index (χ1) is 10.5. The number of nitrogens with zero attached hydrogens (tertiary/aromatic N) is 2. The molecule has 0 spiro atoms. The fraction of sp³-hybridized carbons (Fsp3) is 0.154. The number of carboxylic acids is 1. The van der Waals surface area contributed by atoms with Crippen LogP contribution >= 0.6 is 11.3 Å². The van der Waals surface area contributed by atoms with Crippen LogP contribution in [0.1, 0.15) is 21.8 Å². The van der Waals surface area contributed by atoms with Gasteiger partial charge in [-0.2, -0.15) is 0 Å². The van der Waals surface area contributed by atoms with Gasteiger partial charge in [0.05, 0.1) is 5.97 Å². The van der Waals surface area contributed by atoms with E-state index in [1.807, 2.05) is 0 Å². The monoisotopic (exact) mass is 319 g/mol. The van der Waals surface area contributed by atoms with Gasteiger partial charge in [-0.3, -0.25) is 9.59 Å². The van der Waals surface area contributed by atoms with Crippen molar-refractivity contribution in [1.82, 2.24) is 10.2 Å². The van der Waals surface area contributed by atoms with Crippen molar-refractivity contribution in [2.24, 2.45) is 0 Å². The SMILES string of the molecule is Cc1nnc(NC(=O)CC(=O)Nc2ccccc2C(=O)[O-])s1. The number of carboxylic acid groups (broad SMARTS) is 1. The number of hydrogen-bond acceptors (Lipinski definition) is 7. The van der Waals surface area contributed by atoms with Crippen LogP contribution in [0.3, 0.4) is 0 Å². The topological polar surface area (TPSA) is 124 Å². The molecule has 0 radical (unpaired) electrons. The highest BCUT2D eigenvalue weighted by atomic mass is 32.1. The molecule has 1 heterocycles. The molecule has 2 N–H and O–H groups in total. The van der Waals surface area contributed by atoms with Gasteiger partial charge in [0.25, 0.3) is 0 Å². The fourth-order valence-corrected chi connectivity index (χ4v) is 2.23. The quantitative estimate of drug-likeness (QED) is 0.757. The zero-order valence-corrected chi connectivity index (χ0v) is 12.3. The lowest BCUT2D eigenvalue weighted by Gasteiger charge is -2.11. The van der Waals surface area contributed by atoms with Crippen LogP contribution in [0.15, 0.2) is 24.3 Å². The number of para-hydroxylation sites is 1. The van der Waals surface area contributed by atoms with Gasteiger partial charge in [0.1, 0.15) is 11.4 Å². The number of aromatic nitrogens is 2. The highest BCUT2D eigenvalue weighted by molar-refractivity contribution is 7.15. The van der Waals surface area contributed by atoms with Crippen LogP contribution in [0.5, 0.6) is 0 Å². The van der Waals surface area contributed by atoms with E-state index >= 15 is 0 Å². The molecular formula is C13H11N4O4S-. The minimum absolute atomic E-state index is 0.0760. The van der Waals surface area contributed by atoms with Crippen molar-refractivity contribution in [3.63, 3.8) is 0 Å². The molecule has 0 saturated heterocycles. The number of carbonyl (C=O) groups is 3. The van der Waals surface area contributed by atoms with Crippen LogP contribution < -0.4 is 15.7 Å². The number of benzene rings is 1. The Labute approximate surface area is 129 Å². The van der Waals surface area contributed by atoms with E-state index in [4.69, 9.17) is 0 Å². The molecule has 0 fully saturated rings. The van der Waals surface area contributed by atoms with Gasteiger partial charge in [-0.15, -0.1) is 10.2 Å². The van der Waals surface area contributed by atoms with Crippen LogP contribution in [-0.2, 0) is 9.59 Å². The maximum absolute atomic E-state index is 11.8. The number of anilines is 2. The summed E-state index contributed by atoms with van der Waals surface area (Å²) in [6.45, 7) is 1.73. The van der Waals surface area contributed by atoms with E-state index in [2.05, 4.69) is 20.8 Å². The molecule has 2 rings (SSSR count). The summed E-state index contributed by atoms with van der Waals surface area (Å²) in [5.41, 5.74) is -0.0805. The number of carbonyl (C=O) groups excluding carboxylic acids is 3. The van der Waals surface area contributed by atoms with Gasteiger partial charge in [-0.05, 0) is 13.0 Å². The normalized spacial score (nSPS) is 10.0. The molecule has 0 aliphatic carbocycles. The standard InChI is InChI=1S/C13H12N4O4S/c1-7-16-17-13(22-7)15-11(19)6-10(18)14-9-5-3-2-4-8(9)12(20)21/h2-5H,6H2,1H3,(H,14,18)(H,20,21)(H,15,17,19)/p-1. The predicted molar refractivity (Wildman–Crippen MR) is 77.3 cm³/mol. The van der Waals surface area contributed by atoms with Gasteiger partial charge in [0, 0.05) is 11.3 Å². The van der Waals surface area contributed by atoms with Crippen molar-refractivity contribution in [2.45, 2.75) is 13.3 Å². The Balaban J connectivity index is 1.95. The van der Waals surface area contributed by atoms with Crippen LogP contribution in [0.4, 0.5) is 10.8 Å². The Hall–Kier alpha value is -2.81. The smallest absolute Gasteiger partial charge is 0.235 e. The molecule has 8 nitrogen and oxygen atoms in total. The van der Waals surface area contributed by atoms with Gasteiger partial charge in [0.15, 0.2) is 0 Å². The molecule has 0 unspecified atom stereocenters. The first-order valence-corrected chi connectivity index (χ1v) is 6.97. The molecule has 1 aromatic heterocycles. The molecule has 0 aliphatic heterocycles. The lowest BCUT2D eigenvalue weighted by Crippen LogP contribution is -2.26. The van der Waals surface area contributed by atoms with E-state index in [9.17, 15) is 19.5 Å². The fourth-order valence-electron chi connectivity index (χ4n) is 1.62. The largest absolute Gasteiger partial charge is 0.545 e. The maximum atomic E-state index is 11.8. The molecule has 0 aliphatic rings. The average Bonchev–Trinajstić information content (AvgIpc) is 2.83. The Morgan fingerprint density at radius 2 is 1.82 bits per heavy atom. The molecule has 114 valence electrons. The minimum Gasteiger partial charge on any atom is -0.545 e. The first-order valence-electron chi connectivity index (χ1n) is 6.16. The van der Waals surface area contributed by atoms with Gasteiger partial charge >= 0.3 is 0 Å². The summed E-state index contributed by atoms with van der Waals surface area (Å²) in [4.78, 5) is 34.4. The lowest BCUT2D eigenvalue weighted by atomic mass is 10.2. The molecule has 0 bridgehead atoms. The highest BCUT2D eigenvalue weighted by Gasteiger charge is 2.13. The number of rotatable bonds is 5. The predicted octanol–water partition coefficient (Wildman–Crippen LogP) is 0.177. The van der Waals surface area contributed by atoms with E-state index in [1.54, 1.807) is 13.0 Å². The molecule has 2 aromatic rings.